The van der Waals surface area contributed by atoms with Gasteiger partial charge >= 0.3 is 11.9 Å². The highest BCUT2D eigenvalue weighted by molar-refractivity contribution is 5.72. The molecule has 0 unspecified atom stereocenters. The summed E-state index contributed by atoms with van der Waals surface area (Å²) in [6, 6.07) is 6.62. The summed E-state index contributed by atoms with van der Waals surface area (Å²) >= 11 is 0. The van der Waals surface area contributed by atoms with E-state index in [1.807, 2.05) is 41.5 Å². The third-order valence-electron chi connectivity index (χ3n) is 5.77. The molecular weight excluding hydrogens is 490 g/mol. The number of esters is 2. The Labute approximate surface area is 226 Å². The molecule has 11 heteroatoms. The van der Waals surface area contributed by atoms with E-state index in [1.165, 1.54) is 12.1 Å². The molecule has 0 aliphatic carbocycles. The first-order valence-electron chi connectivity index (χ1n) is 13.2. The maximum absolute atomic E-state index is 12.6. The normalized spacial score (nSPS) is 17.7. The number of carbonyl (C=O) groups excluding carboxylic acids is 2. The van der Waals surface area contributed by atoms with Crippen LogP contribution in [0.25, 0.3) is 0 Å². The van der Waals surface area contributed by atoms with Crippen LogP contribution < -0.4 is 5.32 Å². The van der Waals surface area contributed by atoms with Crippen LogP contribution in [0.2, 0.25) is 0 Å². The first kappa shape index (κ1) is 31.6. The van der Waals surface area contributed by atoms with Gasteiger partial charge in [-0.15, -0.1) is 0 Å². The smallest absolute Gasteiger partial charge is 0.320 e. The minimum absolute atomic E-state index is 0.0728. The van der Waals surface area contributed by atoms with E-state index in [1.54, 1.807) is 12.1 Å². The van der Waals surface area contributed by atoms with E-state index in [0.717, 1.165) is 18.7 Å². The van der Waals surface area contributed by atoms with Crippen molar-refractivity contribution in [2.45, 2.75) is 59.3 Å². The van der Waals surface area contributed by atoms with Crippen molar-refractivity contribution in [3.63, 3.8) is 0 Å². The number of hydrogen-bond donors (Lipinski definition) is 1. The van der Waals surface area contributed by atoms with E-state index in [2.05, 4.69) is 20.0 Å². The zero-order valence-electron chi connectivity index (χ0n) is 23.8. The van der Waals surface area contributed by atoms with Crippen LogP contribution in [0.15, 0.2) is 24.3 Å². The largest absolute Gasteiger partial charge is 0.459 e. The molecule has 0 aromatic heterocycles. The molecule has 1 saturated heterocycles. The molecule has 1 aromatic carbocycles. The Hall–Kier alpha value is -2.60. The lowest BCUT2D eigenvalue weighted by Gasteiger charge is -2.32. The summed E-state index contributed by atoms with van der Waals surface area (Å²) in [5, 5.41) is 14.4. The molecule has 11 nitrogen and oxygen atoms in total. The van der Waals surface area contributed by atoms with Gasteiger partial charge in [0.2, 0.25) is 0 Å². The number of nitrogens with zero attached hydrogens (tertiary/aromatic N) is 4. The summed E-state index contributed by atoms with van der Waals surface area (Å²) in [7, 11) is 0. The molecular formula is C27H45N5O6. The Morgan fingerprint density at radius 2 is 1.21 bits per heavy atom. The van der Waals surface area contributed by atoms with Crippen LogP contribution in [0.4, 0.5) is 5.69 Å². The summed E-state index contributed by atoms with van der Waals surface area (Å²) in [4.78, 5) is 42.1. The molecule has 1 aliphatic rings. The van der Waals surface area contributed by atoms with Gasteiger partial charge in [-0.2, -0.15) is 0 Å². The van der Waals surface area contributed by atoms with Crippen LogP contribution in [0.5, 0.6) is 0 Å². The number of carbonyl (C=O) groups is 2. The predicted molar refractivity (Wildman–Crippen MR) is 146 cm³/mol. The van der Waals surface area contributed by atoms with E-state index in [0.29, 0.717) is 45.8 Å². The van der Waals surface area contributed by atoms with Gasteiger partial charge in [0.1, 0.15) is 11.2 Å². The van der Waals surface area contributed by atoms with Gasteiger partial charge in [0, 0.05) is 71.0 Å². The van der Waals surface area contributed by atoms with Gasteiger partial charge in [-0.05, 0) is 47.1 Å². The number of nitrogens with one attached hydrogen (secondary N) is 1. The lowest BCUT2D eigenvalue weighted by molar-refractivity contribution is -0.384. The minimum atomic E-state index is -0.569. The molecule has 38 heavy (non-hydrogen) atoms. The standard InChI is InChI=1S/C27H45N5O6/c1-26(2,3)37-24(33)20-30-14-12-28-11-13-29(19-22-7-9-23(10-8-22)32(35)36)15-17-31(18-16-30)21-25(34)38-27(4,5)6/h7-10,28H,11-21H2,1-6H3. The highest BCUT2D eigenvalue weighted by Crippen LogP contribution is 2.14. The summed E-state index contributed by atoms with van der Waals surface area (Å²) in [6.07, 6.45) is 0. The Kier molecular flexibility index (Phi) is 12.1. The van der Waals surface area contributed by atoms with Crippen molar-refractivity contribution in [1.29, 1.82) is 0 Å². The quantitative estimate of drug-likeness (QED) is 0.317. The Bertz CT molecular complexity index is 910. The summed E-state index contributed by atoms with van der Waals surface area (Å²) < 4.78 is 11.1. The monoisotopic (exact) mass is 535 g/mol. The highest BCUT2D eigenvalue weighted by Gasteiger charge is 2.23. The molecule has 1 aliphatic heterocycles. The summed E-state index contributed by atoms with van der Waals surface area (Å²) in [6.45, 7) is 17.5. The topological polar surface area (TPSA) is 117 Å². The second kappa shape index (κ2) is 14.5. The van der Waals surface area contributed by atoms with E-state index in [4.69, 9.17) is 9.47 Å². The van der Waals surface area contributed by atoms with Crippen molar-refractivity contribution < 1.29 is 24.0 Å². The lowest BCUT2D eigenvalue weighted by Crippen LogP contribution is -2.47. The average Bonchev–Trinajstić information content (AvgIpc) is 2.76. The van der Waals surface area contributed by atoms with Crippen LogP contribution in [-0.4, -0.2) is 108 Å². The fourth-order valence-electron chi connectivity index (χ4n) is 4.07. The molecule has 1 N–H and O–H groups in total. The average molecular weight is 536 g/mol. The molecule has 0 saturated carbocycles. The third kappa shape index (κ3) is 13.3. The zero-order valence-corrected chi connectivity index (χ0v) is 23.8. The van der Waals surface area contributed by atoms with Gasteiger partial charge in [-0.25, -0.2) is 0 Å². The van der Waals surface area contributed by atoms with E-state index < -0.39 is 16.1 Å². The number of nitro benzene ring substituents is 1. The van der Waals surface area contributed by atoms with Crippen molar-refractivity contribution in [2.24, 2.45) is 0 Å². The molecule has 1 heterocycles. The first-order chi connectivity index (χ1) is 17.7. The molecule has 214 valence electrons. The van der Waals surface area contributed by atoms with Crippen LogP contribution in [0.1, 0.15) is 47.1 Å². The van der Waals surface area contributed by atoms with Gasteiger partial charge in [0.15, 0.2) is 0 Å². The number of ether oxygens (including phenoxy) is 2. The van der Waals surface area contributed by atoms with Crippen LogP contribution in [-0.2, 0) is 25.6 Å². The predicted octanol–water partition coefficient (Wildman–Crippen LogP) is 2.29. The maximum atomic E-state index is 12.6. The van der Waals surface area contributed by atoms with Crippen molar-refractivity contribution >= 4 is 17.6 Å². The van der Waals surface area contributed by atoms with E-state index >= 15 is 0 Å². The second-order valence-electron chi connectivity index (χ2n) is 11.7. The molecule has 1 aromatic rings. The number of benzene rings is 1. The summed E-state index contributed by atoms with van der Waals surface area (Å²) in [5.74, 6) is -0.551. The number of hydrogen-bond acceptors (Lipinski definition) is 10. The zero-order chi connectivity index (χ0) is 28.3. The Morgan fingerprint density at radius 3 is 1.66 bits per heavy atom. The Balaban J connectivity index is 2.09. The number of rotatable bonds is 7. The van der Waals surface area contributed by atoms with Crippen molar-refractivity contribution in [3.05, 3.63) is 39.9 Å². The van der Waals surface area contributed by atoms with Crippen molar-refractivity contribution in [1.82, 2.24) is 20.0 Å². The van der Waals surface area contributed by atoms with Crippen molar-refractivity contribution in [2.75, 3.05) is 65.4 Å². The molecule has 2 rings (SSSR count). The molecule has 1 fully saturated rings. The highest BCUT2D eigenvalue weighted by atomic mass is 16.6. The number of nitro groups is 1. The Morgan fingerprint density at radius 1 is 0.789 bits per heavy atom. The van der Waals surface area contributed by atoms with Crippen LogP contribution in [0, 0.1) is 10.1 Å². The van der Waals surface area contributed by atoms with Crippen LogP contribution >= 0.6 is 0 Å². The SMILES string of the molecule is CC(C)(C)OC(=O)CN1CCNCCN(Cc2ccc([N+](=O)[O-])cc2)CCN(CC(=O)OC(C)(C)C)CC1. The molecule has 0 atom stereocenters. The molecule has 0 spiro atoms. The minimum Gasteiger partial charge on any atom is -0.459 e. The second-order valence-corrected chi connectivity index (χ2v) is 11.7. The lowest BCUT2D eigenvalue weighted by atomic mass is 10.2. The van der Waals surface area contributed by atoms with Gasteiger partial charge in [0.05, 0.1) is 18.0 Å². The van der Waals surface area contributed by atoms with Crippen LogP contribution in [0.3, 0.4) is 0 Å². The van der Waals surface area contributed by atoms with Gasteiger partial charge < -0.3 is 14.8 Å². The fraction of sp³-hybridized carbons (Fsp3) is 0.704. The number of non-ortho nitro benzene ring substituents is 1. The first-order valence-corrected chi connectivity index (χ1v) is 13.2. The van der Waals surface area contributed by atoms with Gasteiger partial charge in [-0.1, -0.05) is 12.1 Å². The maximum Gasteiger partial charge on any atom is 0.320 e. The third-order valence-corrected chi connectivity index (χ3v) is 5.77. The van der Waals surface area contributed by atoms with Gasteiger partial charge in [0.25, 0.3) is 5.69 Å². The van der Waals surface area contributed by atoms with E-state index in [9.17, 15) is 19.7 Å². The summed E-state index contributed by atoms with van der Waals surface area (Å²) in [5.41, 5.74) is -0.0500. The molecule has 0 bridgehead atoms. The van der Waals surface area contributed by atoms with E-state index in [-0.39, 0.29) is 30.7 Å². The van der Waals surface area contributed by atoms with Crippen molar-refractivity contribution in [3.8, 4) is 0 Å². The fourth-order valence-corrected chi connectivity index (χ4v) is 4.07. The van der Waals surface area contributed by atoms with Gasteiger partial charge in [-0.3, -0.25) is 34.4 Å². The molecule has 0 amide bonds. The molecule has 0 radical (unpaired) electrons.